The second kappa shape index (κ2) is 8.36. The number of imide groups is 1. The molecule has 0 saturated carbocycles. The number of amides is 3. The topological polar surface area (TPSA) is 93.5 Å². The van der Waals surface area contributed by atoms with Crippen molar-refractivity contribution >= 4 is 17.7 Å². The molecule has 1 fully saturated rings. The molecule has 174 valence electrons. The Morgan fingerprint density at radius 3 is 2.53 bits per heavy atom. The van der Waals surface area contributed by atoms with Gasteiger partial charge in [0.1, 0.15) is 17.6 Å². The molecule has 2 aliphatic heterocycles. The first kappa shape index (κ1) is 21.7. The monoisotopic (exact) mass is 466 g/mol. The van der Waals surface area contributed by atoms with Crippen LogP contribution in [0.1, 0.15) is 28.8 Å². The van der Waals surface area contributed by atoms with Crippen LogP contribution in [0.4, 0.5) is 8.78 Å². The number of carbonyl (C=O) groups is 3. The second-order valence-corrected chi connectivity index (χ2v) is 8.24. The van der Waals surface area contributed by atoms with Crippen molar-refractivity contribution < 1.29 is 27.9 Å². The Morgan fingerprint density at radius 1 is 1.09 bits per heavy atom. The van der Waals surface area contributed by atoms with Crippen LogP contribution in [0.3, 0.4) is 0 Å². The molecular formula is C24H20F2N4O4. The van der Waals surface area contributed by atoms with E-state index in [0.29, 0.717) is 23.5 Å². The van der Waals surface area contributed by atoms with E-state index >= 15 is 0 Å². The zero-order chi connectivity index (χ0) is 24.0. The van der Waals surface area contributed by atoms with Crippen molar-refractivity contribution in [2.45, 2.75) is 32.0 Å². The number of aryl methyl sites for hydroxylation is 1. The van der Waals surface area contributed by atoms with Gasteiger partial charge in [-0.1, -0.05) is 6.07 Å². The van der Waals surface area contributed by atoms with Gasteiger partial charge in [-0.05, 0) is 48.4 Å². The number of carbonyl (C=O) groups excluding carboxylic acids is 3. The number of hydrogen-bond donors (Lipinski definition) is 1. The Hall–Kier alpha value is -4.08. The molecule has 10 heteroatoms. The molecule has 2 aliphatic rings. The molecule has 1 N–H and O–H groups in total. The number of rotatable bonds is 5. The van der Waals surface area contributed by atoms with Crippen LogP contribution < -0.4 is 10.1 Å². The number of alkyl halides is 2. The van der Waals surface area contributed by atoms with Gasteiger partial charge in [0.2, 0.25) is 11.8 Å². The van der Waals surface area contributed by atoms with Crippen molar-refractivity contribution in [3.8, 4) is 28.4 Å². The van der Waals surface area contributed by atoms with Crippen LogP contribution >= 0.6 is 0 Å². The molecule has 34 heavy (non-hydrogen) atoms. The molecular weight excluding hydrogens is 446 g/mol. The molecule has 1 aromatic heterocycles. The molecule has 0 bridgehead atoms. The quantitative estimate of drug-likeness (QED) is 0.584. The largest absolute Gasteiger partial charge is 0.435 e. The minimum Gasteiger partial charge on any atom is -0.435 e. The summed E-state index contributed by atoms with van der Waals surface area (Å²) in [5.74, 6) is -0.298. The smallest absolute Gasteiger partial charge is 0.387 e. The molecule has 1 unspecified atom stereocenters. The molecule has 3 amide bonds. The number of halogens is 2. The Bertz CT molecular complexity index is 1300. The molecule has 1 saturated heterocycles. The van der Waals surface area contributed by atoms with Crippen LogP contribution in [0.2, 0.25) is 0 Å². The summed E-state index contributed by atoms with van der Waals surface area (Å²) in [7, 11) is 1.83. The van der Waals surface area contributed by atoms with Gasteiger partial charge in [-0.2, -0.15) is 8.78 Å². The summed E-state index contributed by atoms with van der Waals surface area (Å²) in [6.45, 7) is -2.61. The van der Waals surface area contributed by atoms with Crippen LogP contribution in [-0.2, 0) is 23.2 Å². The predicted octanol–water partition coefficient (Wildman–Crippen LogP) is 3.12. The summed E-state index contributed by atoms with van der Waals surface area (Å²) in [5, 5.41) is 2.30. The van der Waals surface area contributed by atoms with Crippen LogP contribution in [-0.4, -0.2) is 44.8 Å². The van der Waals surface area contributed by atoms with Crippen molar-refractivity contribution in [3.63, 3.8) is 0 Å². The Labute approximate surface area is 193 Å². The Kier molecular flexibility index (Phi) is 5.35. The maximum Gasteiger partial charge on any atom is 0.387 e. The number of piperidine rings is 1. The summed E-state index contributed by atoms with van der Waals surface area (Å²) >= 11 is 0. The molecule has 0 aliphatic carbocycles. The van der Waals surface area contributed by atoms with Crippen molar-refractivity contribution in [2.24, 2.45) is 7.05 Å². The number of aromatic nitrogens is 2. The maximum absolute atomic E-state index is 12.9. The molecule has 8 nitrogen and oxygen atoms in total. The van der Waals surface area contributed by atoms with Gasteiger partial charge in [-0.3, -0.25) is 19.7 Å². The third-order valence-corrected chi connectivity index (χ3v) is 6.03. The zero-order valence-electron chi connectivity index (χ0n) is 18.1. The average Bonchev–Trinajstić information content (AvgIpc) is 3.34. The normalized spacial score (nSPS) is 17.8. The highest BCUT2D eigenvalue weighted by Crippen LogP contribution is 2.32. The van der Waals surface area contributed by atoms with E-state index in [4.69, 9.17) is 0 Å². The minimum absolute atomic E-state index is 0.0667. The highest BCUT2D eigenvalue weighted by atomic mass is 19.3. The third-order valence-electron chi connectivity index (χ3n) is 6.03. The van der Waals surface area contributed by atoms with Gasteiger partial charge in [0, 0.05) is 42.9 Å². The lowest BCUT2D eigenvalue weighted by atomic mass is 10.0. The number of hydrogen-bond acceptors (Lipinski definition) is 5. The maximum atomic E-state index is 12.9. The van der Waals surface area contributed by atoms with E-state index in [0.717, 1.165) is 16.7 Å². The molecule has 0 spiro atoms. The van der Waals surface area contributed by atoms with E-state index < -0.39 is 18.6 Å². The van der Waals surface area contributed by atoms with Crippen molar-refractivity contribution in [3.05, 3.63) is 59.8 Å². The fourth-order valence-electron chi connectivity index (χ4n) is 4.39. The zero-order valence-corrected chi connectivity index (χ0v) is 18.1. The summed E-state index contributed by atoms with van der Waals surface area (Å²) in [6.07, 6.45) is 2.35. The van der Waals surface area contributed by atoms with E-state index in [1.165, 1.54) is 17.0 Å². The summed E-state index contributed by atoms with van der Waals surface area (Å²) in [5.41, 5.74) is 3.53. The first-order valence-corrected chi connectivity index (χ1v) is 10.7. The SMILES string of the molecule is Cn1cc(-c2ccc3c(c2)CN(C2CCC(=O)NC2=O)C3=O)nc1-c1ccc(OC(F)F)cc1. The van der Waals surface area contributed by atoms with E-state index in [2.05, 4.69) is 15.0 Å². The Balaban J connectivity index is 1.39. The summed E-state index contributed by atoms with van der Waals surface area (Å²) < 4.78 is 31.0. The highest BCUT2D eigenvalue weighted by molar-refractivity contribution is 6.05. The second-order valence-electron chi connectivity index (χ2n) is 8.24. The lowest BCUT2D eigenvalue weighted by Gasteiger charge is -2.29. The number of fused-ring (bicyclic) bond motifs is 1. The molecule has 1 atom stereocenters. The van der Waals surface area contributed by atoms with Gasteiger partial charge in [0.15, 0.2) is 0 Å². The van der Waals surface area contributed by atoms with Gasteiger partial charge in [-0.25, -0.2) is 4.98 Å². The van der Waals surface area contributed by atoms with Crippen molar-refractivity contribution in [1.82, 2.24) is 19.8 Å². The number of imidazole rings is 1. The van der Waals surface area contributed by atoms with E-state index in [1.807, 2.05) is 23.9 Å². The lowest BCUT2D eigenvalue weighted by molar-refractivity contribution is -0.136. The highest BCUT2D eigenvalue weighted by Gasteiger charge is 2.39. The molecule has 3 heterocycles. The number of nitrogens with one attached hydrogen (secondary N) is 1. The molecule has 2 aromatic carbocycles. The standard InChI is InChI=1S/C24H20F2N4O4/c1-29-12-18(27-21(29)13-2-5-16(6-3-13)34-24(25)26)14-4-7-17-15(10-14)11-30(23(17)33)19-8-9-20(31)28-22(19)32/h2-7,10,12,19,24H,8-9,11H2,1H3,(H,28,31,32). The van der Waals surface area contributed by atoms with Crippen molar-refractivity contribution in [1.29, 1.82) is 0 Å². The third kappa shape index (κ3) is 3.91. The van der Waals surface area contributed by atoms with Gasteiger partial charge in [0.25, 0.3) is 5.91 Å². The van der Waals surface area contributed by atoms with Crippen LogP contribution in [0.5, 0.6) is 5.75 Å². The van der Waals surface area contributed by atoms with Crippen LogP contribution in [0.25, 0.3) is 22.6 Å². The van der Waals surface area contributed by atoms with Crippen LogP contribution in [0.15, 0.2) is 48.7 Å². The van der Waals surface area contributed by atoms with E-state index in [-0.39, 0.29) is 30.5 Å². The molecule has 0 radical (unpaired) electrons. The van der Waals surface area contributed by atoms with E-state index in [1.54, 1.807) is 24.3 Å². The summed E-state index contributed by atoms with van der Waals surface area (Å²) in [4.78, 5) is 42.8. The fourth-order valence-corrected chi connectivity index (χ4v) is 4.39. The first-order valence-electron chi connectivity index (χ1n) is 10.7. The minimum atomic E-state index is -2.89. The number of benzene rings is 2. The van der Waals surface area contributed by atoms with Gasteiger partial charge in [0.05, 0.1) is 5.69 Å². The fraction of sp³-hybridized carbons (Fsp3) is 0.250. The van der Waals surface area contributed by atoms with Gasteiger partial charge in [-0.15, -0.1) is 0 Å². The average molecular weight is 466 g/mol. The first-order chi connectivity index (χ1) is 16.3. The Morgan fingerprint density at radius 2 is 1.82 bits per heavy atom. The number of ether oxygens (including phenoxy) is 1. The number of nitrogens with zero attached hydrogens (tertiary/aromatic N) is 3. The van der Waals surface area contributed by atoms with E-state index in [9.17, 15) is 23.2 Å². The lowest BCUT2D eigenvalue weighted by Crippen LogP contribution is -2.52. The van der Waals surface area contributed by atoms with Gasteiger partial charge < -0.3 is 14.2 Å². The molecule has 5 rings (SSSR count). The molecule has 3 aromatic rings. The van der Waals surface area contributed by atoms with Crippen molar-refractivity contribution in [2.75, 3.05) is 0 Å². The predicted molar refractivity (Wildman–Crippen MR) is 117 cm³/mol. The summed E-state index contributed by atoms with van der Waals surface area (Å²) in [6, 6.07) is 11.0. The van der Waals surface area contributed by atoms with Gasteiger partial charge >= 0.3 is 6.61 Å². The van der Waals surface area contributed by atoms with Crippen LogP contribution in [0, 0.1) is 0 Å².